The van der Waals surface area contributed by atoms with E-state index in [-0.39, 0.29) is 34.9 Å². The first-order chi connectivity index (χ1) is 20.6. The summed E-state index contributed by atoms with van der Waals surface area (Å²) in [5, 5.41) is 5.38. The van der Waals surface area contributed by atoms with Crippen molar-refractivity contribution in [2.45, 2.75) is 12.6 Å². The minimum absolute atomic E-state index is 0.127. The van der Waals surface area contributed by atoms with Crippen molar-refractivity contribution in [2.75, 3.05) is 27.9 Å². The number of halogens is 3. The molecule has 11 heteroatoms. The predicted molar refractivity (Wildman–Crippen MR) is 154 cm³/mol. The van der Waals surface area contributed by atoms with Crippen molar-refractivity contribution in [1.82, 2.24) is 10.6 Å². The smallest absolute Gasteiger partial charge is 0.416 e. The molecule has 2 N–H and O–H groups in total. The van der Waals surface area contributed by atoms with Crippen molar-refractivity contribution in [3.05, 3.63) is 107 Å². The van der Waals surface area contributed by atoms with Crippen LogP contribution in [0.1, 0.15) is 27.2 Å². The first-order valence-electron chi connectivity index (χ1n) is 13.0. The van der Waals surface area contributed by atoms with Crippen LogP contribution in [0.5, 0.6) is 17.2 Å². The molecule has 0 bridgehead atoms. The third-order valence-corrected chi connectivity index (χ3v) is 6.38. The van der Waals surface area contributed by atoms with Gasteiger partial charge >= 0.3 is 6.18 Å². The molecule has 0 saturated carbocycles. The summed E-state index contributed by atoms with van der Waals surface area (Å²) in [5.41, 5.74) is 0.409. The van der Waals surface area contributed by atoms with Gasteiger partial charge in [-0.15, -0.1) is 0 Å². The highest BCUT2D eigenvalue weighted by molar-refractivity contribution is 6.05. The second-order valence-corrected chi connectivity index (χ2v) is 9.22. The molecule has 0 radical (unpaired) electrons. The SMILES string of the molecule is COc1ccc(C(=O)N/C(=C\c2ccc(-c3cccc(C(F)(F)F)c3)o2)C(=O)NCCc2ccc(OC)c(OC)c2)cc1. The average molecular weight is 595 g/mol. The van der Waals surface area contributed by atoms with Gasteiger partial charge in [0.15, 0.2) is 11.5 Å². The normalized spacial score (nSPS) is 11.5. The zero-order chi connectivity index (χ0) is 31.0. The molecule has 8 nitrogen and oxygen atoms in total. The number of alkyl halides is 3. The van der Waals surface area contributed by atoms with Crippen molar-refractivity contribution in [2.24, 2.45) is 0 Å². The summed E-state index contributed by atoms with van der Waals surface area (Å²) < 4.78 is 61.0. The van der Waals surface area contributed by atoms with Crippen molar-refractivity contribution < 1.29 is 41.4 Å². The van der Waals surface area contributed by atoms with Gasteiger partial charge in [0, 0.05) is 23.7 Å². The molecular weight excluding hydrogens is 565 g/mol. The van der Waals surface area contributed by atoms with Crippen molar-refractivity contribution in [1.29, 1.82) is 0 Å². The van der Waals surface area contributed by atoms with E-state index >= 15 is 0 Å². The van der Waals surface area contributed by atoms with E-state index in [0.717, 1.165) is 17.7 Å². The Balaban J connectivity index is 1.55. The zero-order valence-corrected chi connectivity index (χ0v) is 23.6. The molecular formula is C32H29F3N2O6. The molecule has 0 unspecified atom stereocenters. The lowest BCUT2D eigenvalue weighted by Gasteiger charge is -2.12. The summed E-state index contributed by atoms with van der Waals surface area (Å²) in [6.45, 7) is 0.220. The molecule has 0 aliphatic rings. The summed E-state index contributed by atoms with van der Waals surface area (Å²) in [5.74, 6) is 0.822. The van der Waals surface area contributed by atoms with Crippen LogP contribution in [0.15, 0.2) is 89.0 Å². The molecule has 0 aliphatic carbocycles. The minimum Gasteiger partial charge on any atom is -0.497 e. The van der Waals surface area contributed by atoms with Gasteiger partial charge in [0.2, 0.25) is 0 Å². The maximum Gasteiger partial charge on any atom is 0.416 e. The van der Waals surface area contributed by atoms with E-state index in [1.807, 2.05) is 6.07 Å². The Morgan fingerprint density at radius 1 is 0.860 bits per heavy atom. The molecule has 1 heterocycles. The van der Waals surface area contributed by atoms with Crippen LogP contribution in [0.25, 0.3) is 17.4 Å². The molecule has 1 aromatic heterocycles. The van der Waals surface area contributed by atoms with Crippen LogP contribution in [0, 0.1) is 0 Å². The Morgan fingerprint density at radius 2 is 1.60 bits per heavy atom. The molecule has 4 aromatic rings. The number of rotatable bonds is 11. The molecule has 0 atom stereocenters. The van der Waals surface area contributed by atoms with Gasteiger partial charge in [-0.3, -0.25) is 9.59 Å². The largest absolute Gasteiger partial charge is 0.497 e. The number of nitrogens with one attached hydrogen (secondary N) is 2. The van der Waals surface area contributed by atoms with Gasteiger partial charge in [-0.1, -0.05) is 18.2 Å². The van der Waals surface area contributed by atoms with Crippen molar-refractivity contribution in [3.8, 4) is 28.6 Å². The van der Waals surface area contributed by atoms with E-state index in [4.69, 9.17) is 18.6 Å². The van der Waals surface area contributed by atoms with E-state index < -0.39 is 23.6 Å². The first kappa shape index (κ1) is 30.8. The predicted octanol–water partition coefficient (Wildman–Crippen LogP) is 6.12. The topological polar surface area (TPSA) is 99.0 Å². The maximum absolute atomic E-state index is 13.2. The number of ether oxygens (including phenoxy) is 3. The summed E-state index contributed by atoms with van der Waals surface area (Å²) in [6.07, 6.45) is -2.75. The fourth-order valence-electron chi connectivity index (χ4n) is 4.12. The van der Waals surface area contributed by atoms with Crippen molar-refractivity contribution in [3.63, 3.8) is 0 Å². The highest BCUT2D eigenvalue weighted by atomic mass is 19.4. The molecule has 0 aliphatic heterocycles. The van der Waals surface area contributed by atoms with Crippen LogP contribution in [-0.4, -0.2) is 39.7 Å². The Bertz CT molecular complexity index is 1610. The highest BCUT2D eigenvalue weighted by Gasteiger charge is 2.30. The van der Waals surface area contributed by atoms with Gasteiger partial charge in [-0.25, -0.2) is 0 Å². The molecule has 224 valence electrons. The Kier molecular flexibility index (Phi) is 9.76. The minimum atomic E-state index is -4.51. The second-order valence-electron chi connectivity index (χ2n) is 9.22. The number of carbonyl (C=O) groups is 2. The summed E-state index contributed by atoms with van der Waals surface area (Å²) in [4.78, 5) is 26.2. The van der Waals surface area contributed by atoms with Gasteiger partial charge in [-0.05, 0) is 72.6 Å². The summed E-state index contributed by atoms with van der Waals surface area (Å²) in [6, 6.07) is 19.4. The Morgan fingerprint density at radius 3 is 2.28 bits per heavy atom. The maximum atomic E-state index is 13.2. The van der Waals surface area contributed by atoms with Crippen molar-refractivity contribution >= 4 is 17.9 Å². The third-order valence-electron chi connectivity index (χ3n) is 6.38. The molecule has 2 amide bonds. The lowest BCUT2D eigenvalue weighted by Crippen LogP contribution is -2.35. The first-order valence-corrected chi connectivity index (χ1v) is 13.0. The molecule has 43 heavy (non-hydrogen) atoms. The average Bonchev–Trinajstić information content (AvgIpc) is 3.48. The number of amides is 2. The van der Waals surface area contributed by atoms with Crippen LogP contribution in [0.3, 0.4) is 0 Å². The van der Waals surface area contributed by atoms with E-state index in [1.165, 1.54) is 51.7 Å². The monoisotopic (exact) mass is 594 g/mol. The van der Waals surface area contributed by atoms with Gasteiger partial charge < -0.3 is 29.3 Å². The van der Waals surface area contributed by atoms with Gasteiger partial charge in [0.05, 0.1) is 26.9 Å². The lowest BCUT2D eigenvalue weighted by atomic mass is 10.1. The quantitative estimate of drug-likeness (QED) is 0.203. The number of carbonyl (C=O) groups excluding carboxylic acids is 2. The van der Waals surface area contributed by atoms with Crippen LogP contribution in [0.2, 0.25) is 0 Å². The van der Waals surface area contributed by atoms with Crippen LogP contribution in [0.4, 0.5) is 13.2 Å². The molecule has 0 fully saturated rings. The number of methoxy groups -OCH3 is 3. The number of furan rings is 1. The van der Waals surface area contributed by atoms with E-state index in [1.54, 1.807) is 36.4 Å². The molecule has 4 rings (SSSR count). The fourth-order valence-corrected chi connectivity index (χ4v) is 4.12. The molecule has 0 spiro atoms. The van der Waals surface area contributed by atoms with Crippen LogP contribution < -0.4 is 24.8 Å². The number of hydrogen-bond donors (Lipinski definition) is 2. The highest BCUT2D eigenvalue weighted by Crippen LogP contribution is 2.33. The fraction of sp³-hybridized carbons (Fsp3) is 0.188. The Hall–Kier alpha value is -5.19. The molecule has 0 saturated heterocycles. The summed E-state index contributed by atoms with van der Waals surface area (Å²) >= 11 is 0. The van der Waals surface area contributed by atoms with Gasteiger partial charge in [0.25, 0.3) is 11.8 Å². The van der Waals surface area contributed by atoms with Gasteiger partial charge in [0.1, 0.15) is 23.0 Å². The number of hydrogen-bond acceptors (Lipinski definition) is 6. The zero-order valence-electron chi connectivity index (χ0n) is 23.6. The lowest BCUT2D eigenvalue weighted by molar-refractivity contribution is -0.137. The third kappa shape index (κ3) is 7.97. The molecule has 3 aromatic carbocycles. The van der Waals surface area contributed by atoms with E-state index in [2.05, 4.69) is 10.6 Å². The van der Waals surface area contributed by atoms with E-state index in [0.29, 0.717) is 23.7 Å². The van der Waals surface area contributed by atoms with E-state index in [9.17, 15) is 22.8 Å². The standard InChI is InChI=1S/C32H29F3N2O6/c1-40-24-10-8-21(9-11-24)30(38)37-26(31(39)36-16-15-20-7-13-28(41-2)29(17-20)42-3)19-25-12-14-27(43-25)22-5-4-6-23(18-22)32(33,34)35/h4-14,17-19H,15-16H2,1-3H3,(H,36,39)(H,37,38)/b26-19-. The Labute approximate surface area is 246 Å². The van der Waals surface area contributed by atoms with Crippen LogP contribution >= 0.6 is 0 Å². The van der Waals surface area contributed by atoms with Gasteiger partial charge in [-0.2, -0.15) is 13.2 Å². The van der Waals surface area contributed by atoms with Crippen LogP contribution in [-0.2, 0) is 17.4 Å². The second kappa shape index (κ2) is 13.6. The summed E-state index contributed by atoms with van der Waals surface area (Å²) in [7, 11) is 4.56. The number of benzene rings is 3.